The number of H-pyrrole nitrogens is 1. The van der Waals surface area contributed by atoms with Crippen molar-refractivity contribution in [1.29, 1.82) is 0 Å². The van der Waals surface area contributed by atoms with Crippen molar-refractivity contribution >= 4 is 17.3 Å². The van der Waals surface area contributed by atoms with Crippen LogP contribution in [0.1, 0.15) is 0 Å². The molecule has 0 unspecified atom stereocenters. The van der Waals surface area contributed by atoms with Gasteiger partial charge in [0, 0.05) is 18.0 Å². The SMILES string of the molecule is Nc1cc(-c2ncc[nH]2)ccc1Cl. The molecule has 0 spiro atoms. The molecule has 0 saturated carbocycles. The van der Waals surface area contributed by atoms with E-state index in [2.05, 4.69) is 9.97 Å². The van der Waals surface area contributed by atoms with Crippen molar-refractivity contribution in [1.82, 2.24) is 9.97 Å². The fourth-order valence-electron chi connectivity index (χ4n) is 1.11. The number of halogens is 1. The monoisotopic (exact) mass is 193 g/mol. The Morgan fingerprint density at radius 3 is 2.85 bits per heavy atom. The third kappa shape index (κ3) is 1.51. The molecule has 0 bridgehead atoms. The van der Waals surface area contributed by atoms with E-state index in [0.29, 0.717) is 10.7 Å². The molecule has 0 saturated heterocycles. The van der Waals surface area contributed by atoms with E-state index in [1.165, 1.54) is 0 Å². The number of nitrogens with zero attached hydrogens (tertiary/aromatic N) is 1. The van der Waals surface area contributed by atoms with Crippen LogP contribution in [-0.2, 0) is 0 Å². The van der Waals surface area contributed by atoms with Crippen LogP contribution < -0.4 is 5.73 Å². The van der Waals surface area contributed by atoms with Crippen LogP contribution >= 0.6 is 11.6 Å². The maximum atomic E-state index is 5.79. The van der Waals surface area contributed by atoms with Crippen LogP contribution in [0.4, 0.5) is 5.69 Å². The minimum Gasteiger partial charge on any atom is -0.398 e. The Morgan fingerprint density at radius 2 is 2.23 bits per heavy atom. The maximum absolute atomic E-state index is 5.79. The fourth-order valence-corrected chi connectivity index (χ4v) is 1.23. The molecular formula is C9H8ClN3. The second-order valence-electron chi connectivity index (χ2n) is 2.67. The maximum Gasteiger partial charge on any atom is 0.137 e. The quantitative estimate of drug-likeness (QED) is 0.683. The molecule has 2 rings (SSSR count). The number of nitrogen functional groups attached to an aromatic ring is 1. The summed E-state index contributed by atoms with van der Waals surface area (Å²) in [5.41, 5.74) is 7.16. The Morgan fingerprint density at radius 1 is 1.38 bits per heavy atom. The van der Waals surface area contributed by atoms with Crippen molar-refractivity contribution in [2.45, 2.75) is 0 Å². The minimum atomic E-state index is 0.565. The van der Waals surface area contributed by atoms with Crippen LogP contribution in [0, 0.1) is 0 Å². The van der Waals surface area contributed by atoms with Crippen molar-refractivity contribution in [3.8, 4) is 11.4 Å². The largest absolute Gasteiger partial charge is 0.398 e. The third-order valence-electron chi connectivity index (χ3n) is 1.77. The highest BCUT2D eigenvalue weighted by Gasteiger charge is 2.01. The number of hydrogen-bond donors (Lipinski definition) is 2. The molecule has 0 aliphatic carbocycles. The van der Waals surface area contributed by atoms with Crippen LogP contribution in [-0.4, -0.2) is 9.97 Å². The lowest BCUT2D eigenvalue weighted by molar-refractivity contribution is 1.31. The molecule has 1 aromatic heterocycles. The highest BCUT2D eigenvalue weighted by atomic mass is 35.5. The lowest BCUT2D eigenvalue weighted by Gasteiger charge is -2.00. The first-order valence-corrected chi connectivity index (χ1v) is 4.20. The number of imidazole rings is 1. The average Bonchev–Trinajstić information content (AvgIpc) is 2.62. The highest BCUT2D eigenvalue weighted by Crippen LogP contribution is 2.24. The van der Waals surface area contributed by atoms with E-state index in [4.69, 9.17) is 17.3 Å². The second kappa shape index (κ2) is 3.11. The predicted molar refractivity (Wildman–Crippen MR) is 53.4 cm³/mol. The average molecular weight is 194 g/mol. The molecule has 3 nitrogen and oxygen atoms in total. The van der Waals surface area contributed by atoms with Crippen molar-refractivity contribution in [3.63, 3.8) is 0 Å². The van der Waals surface area contributed by atoms with E-state index in [-0.39, 0.29) is 0 Å². The topological polar surface area (TPSA) is 54.7 Å². The second-order valence-corrected chi connectivity index (χ2v) is 3.08. The summed E-state index contributed by atoms with van der Waals surface area (Å²) in [5, 5.41) is 0.565. The molecule has 0 fully saturated rings. The van der Waals surface area contributed by atoms with Gasteiger partial charge in [0.2, 0.25) is 0 Å². The normalized spacial score (nSPS) is 10.2. The van der Waals surface area contributed by atoms with Crippen LogP contribution in [0.3, 0.4) is 0 Å². The zero-order valence-corrected chi connectivity index (χ0v) is 7.55. The van der Waals surface area contributed by atoms with Crippen molar-refractivity contribution < 1.29 is 0 Å². The number of aromatic amines is 1. The van der Waals surface area contributed by atoms with Gasteiger partial charge in [-0.05, 0) is 18.2 Å². The summed E-state index contributed by atoms with van der Waals surface area (Å²) in [6, 6.07) is 5.42. The van der Waals surface area contributed by atoms with Crippen molar-refractivity contribution in [3.05, 3.63) is 35.6 Å². The standard InChI is InChI=1S/C9H8ClN3/c10-7-2-1-6(5-8(7)11)9-12-3-4-13-9/h1-5H,11H2,(H,12,13). The van der Waals surface area contributed by atoms with Crippen molar-refractivity contribution in [2.75, 3.05) is 5.73 Å². The number of benzene rings is 1. The summed E-state index contributed by atoms with van der Waals surface area (Å²) in [4.78, 5) is 7.09. The van der Waals surface area contributed by atoms with E-state index in [1.807, 2.05) is 6.07 Å². The third-order valence-corrected chi connectivity index (χ3v) is 2.11. The summed E-state index contributed by atoms with van der Waals surface area (Å²) in [5.74, 6) is 0.795. The Balaban J connectivity index is 2.49. The van der Waals surface area contributed by atoms with Crippen LogP contribution in [0.15, 0.2) is 30.6 Å². The van der Waals surface area contributed by atoms with Gasteiger partial charge in [0.15, 0.2) is 0 Å². The Bertz CT molecular complexity index is 409. The number of aromatic nitrogens is 2. The Hall–Kier alpha value is -1.48. The molecule has 0 atom stereocenters. The van der Waals surface area contributed by atoms with E-state index in [9.17, 15) is 0 Å². The molecular weight excluding hydrogens is 186 g/mol. The van der Waals surface area contributed by atoms with Gasteiger partial charge in [-0.1, -0.05) is 11.6 Å². The van der Waals surface area contributed by atoms with Gasteiger partial charge >= 0.3 is 0 Å². The summed E-state index contributed by atoms with van der Waals surface area (Å²) < 4.78 is 0. The van der Waals surface area contributed by atoms with Crippen molar-refractivity contribution in [2.24, 2.45) is 0 Å². The molecule has 3 N–H and O–H groups in total. The number of rotatable bonds is 1. The van der Waals surface area contributed by atoms with Gasteiger partial charge in [-0.3, -0.25) is 0 Å². The van der Waals surface area contributed by atoms with E-state index in [0.717, 1.165) is 11.4 Å². The van der Waals surface area contributed by atoms with E-state index < -0.39 is 0 Å². The molecule has 0 amide bonds. The first-order chi connectivity index (χ1) is 6.27. The first kappa shape index (κ1) is 8.13. The lowest BCUT2D eigenvalue weighted by Crippen LogP contribution is -1.88. The van der Waals surface area contributed by atoms with Gasteiger partial charge in [-0.15, -0.1) is 0 Å². The van der Waals surface area contributed by atoms with Gasteiger partial charge in [0.1, 0.15) is 5.82 Å². The van der Waals surface area contributed by atoms with Crippen LogP contribution in [0.5, 0.6) is 0 Å². The Labute approximate surface area is 80.6 Å². The van der Waals surface area contributed by atoms with Gasteiger partial charge in [0.25, 0.3) is 0 Å². The summed E-state index contributed by atoms with van der Waals surface area (Å²) >= 11 is 5.79. The van der Waals surface area contributed by atoms with Crippen LogP contribution in [0.2, 0.25) is 5.02 Å². The molecule has 2 aromatic rings. The zero-order valence-electron chi connectivity index (χ0n) is 6.79. The number of nitrogens with two attached hydrogens (primary N) is 1. The number of nitrogens with one attached hydrogen (secondary N) is 1. The molecule has 66 valence electrons. The summed E-state index contributed by atoms with van der Waals surface area (Å²) in [6.07, 6.45) is 3.46. The molecule has 1 aromatic carbocycles. The zero-order chi connectivity index (χ0) is 9.26. The van der Waals surface area contributed by atoms with Gasteiger partial charge in [0.05, 0.1) is 10.7 Å². The lowest BCUT2D eigenvalue weighted by atomic mass is 10.2. The van der Waals surface area contributed by atoms with Gasteiger partial charge in [-0.25, -0.2) is 4.98 Å². The summed E-state index contributed by atoms with van der Waals surface area (Å²) in [7, 11) is 0. The van der Waals surface area contributed by atoms with E-state index in [1.54, 1.807) is 24.5 Å². The smallest absolute Gasteiger partial charge is 0.137 e. The van der Waals surface area contributed by atoms with Gasteiger partial charge < -0.3 is 10.7 Å². The minimum absolute atomic E-state index is 0.565. The molecule has 0 aliphatic heterocycles. The number of anilines is 1. The number of hydrogen-bond acceptors (Lipinski definition) is 2. The van der Waals surface area contributed by atoms with Crippen LogP contribution in [0.25, 0.3) is 11.4 Å². The molecule has 0 aliphatic rings. The molecule has 1 heterocycles. The fraction of sp³-hybridized carbons (Fsp3) is 0. The molecule has 0 radical (unpaired) electrons. The van der Waals surface area contributed by atoms with E-state index >= 15 is 0 Å². The molecule has 4 heteroatoms. The predicted octanol–water partition coefficient (Wildman–Crippen LogP) is 2.31. The first-order valence-electron chi connectivity index (χ1n) is 3.82. The molecule has 13 heavy (non-hydrogen) atoms. The highest BCUT2D eigenvalue weighted by molar-refractivity contribution is 6.33. The Kier molecular flexibility index (Phi) is 1.94. The van der Waals surface area contributed by atoms with Gasteiger partial charge in [-0.2, -0.15) is 0 Å². The summed E-state index contributed by atoms with van der Waals surface area (Å²) in [6.45, 7) is 0.